The van der Waals surface area contributed by atoms with E-state index >= 15 is 0 Å². The molecule has 0 aliphatic heterocycles. The molecule has 0 atom stereocenters. The number of rotatable bonds is 7. The first-order chi connectivity index (χ1) is 13.9. The van der Waals surface area contributed by atoms with Gasteiger partial charge in [-0.15, -0.1) is 0 Å². The van der Waals surface area contributed by atoms with Crippen molar-refractivity contribution in [3.05, 3.63) is 84.9 Å². The average Bonchev–Trinajstić information content (AvgIpc) is 2.74. The lowest BCUT2D eigenvalue weighted by atomic mass is 10.3. The zero-order valence-electron chi connectivity index (χ0n) is 16.7. The molecule has 29 heavy (non-hydrogen) atoms. The van der Waals surface area contributed by atoms with Crippen LogP contribution in [0.2, 0.25) is 0 Å². The van der Waals surface area contributed by atoms with E-state index in [0.29, 0.717) is 6.42 Å². The molecular weight excluding hydrogens is 404 g/mol. The van der Waals surface area contributed by atoms with E-state index in [4.69, 9.17) is 4.74 Å². The van der Waals surface area contributed by atoms with Crippen LogP contribution in [0.25, 0.3) is 0 Å². The van der Waals surface area contributed by atoms with Gasteiger partial charge in [0.25, 0.3) is 0 Å². The molecule has 4 nitrogen and oxygen atoms in total. The quantitative estimate of drug-likeness (QED) is 0.385. The molecule has 0 spiro atoms. The van der Waals surface area contributed by atoms with Gasteiger partial charge in [-0.1, -0.05) is 49.7 Å². The highest BCUT2D eigenvalue weighted by Gasteiger charge is 2.27. The third-order valence-corrected chi connectivity index (χ3v) is 7.02. The van der Waals surface area contributed by atoms with Gasteiger partial charge in [0, 0.05) is 5.75 Å². The van der Waals surface area contributed by atoms with Crippen LogP contribution in [0.15, 0.2) is 99.6 Å². The standard InChI is InChI=1S/C19H17OS.C4H10O3S/c1-20-16-12-14-19(15-13-16)21(17-8-4-2-5-9-17)18-10-6-3-7-11-18;1-2-3-4-8(5,6)7/h2-15H,1H3;2-4H2,1H3,(H,5,6,7)/q+1;/p-1. The van der Waals surface area contributed by atoms with Crippen LogP contribution in [-0.2, 0) is 21.0 Å². The smallest absolute Gasteiger partial charge is 0.166 e. The van der Waals surface area contributed by atoms with E-state index in [1.54, 1.807) is 7.11 Å². The van der Waals surface area contributed by atoms with Gasteiger partial charge in [0.2, 0.25) is 0 Å². The molecule has 0 radical (unpaired) electrons. The number of ether oxygens (including phenoxy) is 1. The van der Waals surface area contributed by atoms with Crippen LogP contribution in [0.4, 0.5) is 0 Å². The maximum atomic E-state index is 9.83. The van der Waals surface area contributed by atoms with Crippen molar-refractivity contribution in [1.82, 2.24) is 0 Å². The minimum atomic E-state index is -3.94. The Labute approximate surface area is 176 Å². The number of methoxy groups -OCH3 is 1. The average molecular weight is 431 g/mol. The third kappa shape index (κ3) is 7.93. The fraction of sp³-hybridized carbons (Fsp3) is 0.217. The number of hydrogen-bond acceptors (Lipinski definition) is 4. The van der Waals surface area contributed by atoms with Crippen LogP contribution in [0, 0.1) is 0 Å². The maximum Gasteiger partial charge on any atom is 0.166 e. The van der Waals surface area contributed by atoms with Crippen molar-refractivity contribution >= 4 is 21.0 Å². The van der Waals surface area contributed by atoms with Crippen LogP contribution < -0.4 is 4.74 Å². The Morgan fingerprint density at radius 3 is 1.59 bits per heavy atom. The van der Waals surface area contributed by atoms with E-state index in [-0.39, 0.29) is 16.6 Å². The molecule has 0 aliphatic carbocycles. The number of benzene rings is 3. The normalized spacial score (nSPS) is 10.9. The Kier molecular flexibility index (Phi) is 9.25. The van der Waals surface area contributed by atoms with Gasteiger partial charge < -0.3 is 9.29 Å². The van der Waals surface area contributed by atoms with Crippen molar-refractivity contribution < 1.29 is 17.7 Å². The van der Waals surface area contributed by atoms with E-state index in [9.17, 15) is 13.0 Å². The van der Waals surface area contributed by atoms with Crippen LogP contribution in [0.1, 0.15) is 19.8 Å². The highest BCUT2D eigenvalue weighted by molar-refractivity contribution is 7.97. The first kappa shape index (κ1) is 23.0. The largest absolute Gasteiger partial charge is 0.748 e. The summed E-state index contributed by atoms with van der Waals surface area (Å²) >= 11 is 0. The molecule has 0 heterocycles. The van der Waals surface area contributed by atoms with E-state index in [0.717, 1.165) is 12.2 Å². The summed E-state index contributed by atoms with van der Waals surface area (Å²) in [6, 6.07) is 29.7. The molecule has 3 aromatic carbocycles. The molecule has 6 heteroatoms. The Morgan fingerprint density at radius 2 is 1.24 bits per heavy atom. The highest BCUT2D eigenvalue weighted by atomic mass is 32.2. The fourth-order valence-electron chi connectivity index (χ4n) is 2.55. The van der Waals surface area contributed by atoms with Crippen molar-refractivity contribution in [3.63, 3.8) is 0 Å². The van der Waals surface area contributed by atoms with Gasteiger partial charge >= 0.3 is 0 Å². The first-order valence-corrected chi connectivity index (χ1v) is 12.2. The SMILES string of the molecule is CCCCS(=O)(=O)[O-].COc1ccc([S+](c2ccccc2)c2ccccc2)cc1. The Morgan fingerprint density at radius 1 is 0.793 bits per heavy atom. The summed E-state index contributed by atoms with van der Waals surface area (Å²) in [6.07, 6.45) is 1.23. The Balaban J connectivity index is 0.000000321. The lowest BCUT2D eigenvalue weighted by Gasteiger charge is -2.08. The van der Waals surface area contributed by atoms with Crippen molar-refractivity contribution in [2.24, 2.45) is 0 Å². The number of hydrogen-bond donors (Lipinski definition) is 0. The third-order valence-electron chi connectivity index (χ3n) is 4.00. The Bertz CT molecular complexity index is 902. The molecule has 0 N–H and O–H groups in total. The zero-order chi connectivity index (χ0) is 21.1. The van der Waals surface area contributed by atoms with Crippen molar-refractivity contribution in [2.75, 3.05) is 12.9 Å². The molecule has 3 aromatic rings. The topological polar surface area (TPSA) is 66.4 Å². The second-order valence-corrected chi connectivity index (χ2v) is 9.77. The molecule has 0 aromatic heterocycles. The molecule has 0 fully saturated rings. The fourth-order valence-corrected chi connectivity index (χ4v) is 5.28. The summed E-state index contributed by atoms with van der Waals surface area (Å²) in [7, 11) is -2.32. The molecule has 154 valence electrons. The lowest BCUT2D eigenvalue weighted by molar-refractivity contribution is 0.414. The molecule has 0 saturated heterocycles. The van der Waals surface area contributed by atoms with Gasteiger partial charge in [0.05, 0.1) is 28.1 Å². The molecule has 0 aliphatic rings. The van der Waals surface area contributed by atoms with Crippen molar-refractivity contribution in [1.29, 1.82) is 0 Å². The predicted molar refractivity (Wildman–Crippen MR) is 118 cm³/mol. The lowest BCUT2D eigenvalue weighted by Crippen LogP contribution is -2.04. The summed E-state index contributed by atoms with van der Waals surface area (Å²) in [4.78, 5) is 3.95. The molecule has 0 unspecified atom stereocenters. The van der Waals surface area contributed by atoms with Crippen LogP contribution in [0.5, 0.6) is 5.75 Å². The summed E-state index contributed by atoms with van der Waals surface area (Å²) < 4.78 is 34.8. The van der Waals surface area contributed by atoms with E-state index in [1.165, 1.54) is 14.7 Å². The van der Waals surface area contributed by atoms with Crippen LogP contribution in [0.3, 0.4) is 0 Å². The highest BCUT2D eigenvalue weighted by Crippen LogP contribution is 2.31. The van der Waals surface area contributed by atoms with E-state index < -0.39 is 10.1 Å². The summed E-state index contributed by atoms with van der Waals surface area (Å²) in [5.74, 6) is 0.673. The summed E-state index contributed by atoms with van der Waals surface area (Å²) in [5.41, 5.74) is 0. The van der Waals surface area contributed by atoms with E-state index in [1.807, 2.05) is 19.1 Å². The minimum Gasteiger partial charge on any atom is -0.748 e. The monoisotopic (exact) mass is 430 g/mol. The van der Waals surface area contributed by atoms with E-state index in [2.05, 4.69) is 72.8 Å². The van der Waals surface area contributed by atoms with Crippen LogP contribution in [-0.4, -0.2) is 25.8 Å². The second kappa shape index (κ2) is 11.7. The maximum absolute atomic E-state index is 9.83. The van der Waals surface area contributed by atoms with Gasteiger partial charge in [-0.2, -0.15) is 0 Å². The molecule has 0 saturated carbocycles. The van der Waals surface area contributed by atoms with Gasteiger partial charge in [0.15, 0.2) is 14.7 Å². The van der Waals surface area contributed by atoms with Crippen molar-refractivity contribution in [3.8, 4) is 5.75 Å². The minimum absolute atomic E-state index is 0.0804. The van der Waals surface area contributed by atoms with Gasteiger partial charge in [-0.25, -0.2) is 8.42 Å². The first-order valence-electron chi connectivity index (χ1n) is 9.36. The van der Waals surface area contributed by atoms with Crippen molar-refractivity contribution in [2.45, 2.75) is 34.5 Å². The van der Waals surface area contributed by atoms with Gasteiger partial charge in [-0.3, -0.25) is 0 Å². The van der Waals surface area contributed by atoms with Gasteiger partial charge in [0.1, 0.15) is 5.75 Å². The van der Waals surface area contributed by atoms with Gasteiger partial charge in [-0.05, 0) is 55.0 Å². The molecule has 3 rings (SSSR count). The zero-order valence-corrected chi connectivity index (χ0v) is 18.3. The summed E-state index contributed by atoms with van der Waals surface area (Å²) in [6.45, 7) is 1.84. The predicted octanol–water partition coefficient (Wildman–Crippen LogP) is 5.12. The Hall–Kier alpha value is -2.28. The summed E-state index contributed by atoms with van der Waals surface area (Å²) in [5, 5.41) is 0. The van der Waals surface area contributed by atoms with Crippen LogP contribution >= 0.6 is 0 Å². The molecule has 0 bridgehead atoms. The molecular formula is C23H26O4S2. The molecule has 0 amide bonds. The second-order valence-electron chi connectivity index (χ2n) is 6.22. The number of unbranched alkanes of at least 4 members (excludes halogenated alkanes) is 1.